The second kappa shape index (κ2) is 8.53. The maximum Gasteiger partial charge on any atom is 0.238 e. The summed E-state index contributed by atoms with van der Waals surface area (Å²) in [7, 11) is 1.90. The van der Waals surface area contributed by atoms with E-state index >= 15 is 0 Å². The van der Waals surface area contributed by atoms with E-state index in [0.29, 0.717) is 0 Å². The van der Waals surface area contributed by atoms with Gasteiger partial charge in [-0.15, -0.1) is 0 Å². The van der Waals surface area contributed by atoms with Gasteiger partial charge in [0.05, 0.1) is 6.54 Å². The highest BCUT2D eigenvalue weighted by atomic mass is 19.1. The average Bonchev–Trinajstić information content (AvgIpc) is 3.18. The number of amides is 1. The number of carbonyl (C=O) groups excluding carboxylic acids is 1. The van der Waals surface area contributed by atoms with Crippen molar-refractivity contribution in [1.29, 1.82) is 0 Å². The zero-order valence-corrected chi connectivity index (χ0v) is 16.3. The highest BCUT2D eigenvalue weighted by Crippen LogP contribution is 2.26. The summed E-state index contributed by atoms with van der Waals surface area (Å²) in [4.78, 5) is 16.8. The Morgan fingerprint density at radius 1 is 1.19 bits per heavy atom. The van der Waals surface area contributed by atoms with E-state index in [9.17, 15) is 9.18 Å². The Hall–Kier alpha value is -2.40. The quantitative estimate of drug-likeness (QED) is 0.821. The lowest BCUT2D eigenvalue weighted by Gasteiger charge is -2.25. The molecule has 1 atom stereocenters. The van der Waals surface area contributed by atoms with Gasteiger partial charge in [0, 0.05) is 30.5 Å². The van der Waals surface area contributed by atoms with Gasteiger partial charge in [0.2, 0.25) is 5.91 Å². The van der Waals surface area contributed by atoms with Crippen molar-refractivity contribution in [3.8, 4) is 0 Å². The molecule has 3 rings (SSSR count). The Kier molecular flexibility index (Phi) is 6.11. The molecular formula is C22H28FN3O. The molecule has 1 heterocycles. The van der Waals surface area contributed by atoms with Crippen LogP contribution in [0.4, 0.5) is 15.8 Å². The lowest BCUT2D eigenvalue weighted by atomic mass is 10.1. The van der Waals surface area contributed by atoms with Crippen LogP contribution >= 0.6 is 0 Å². The molecule has 5 heteroatoms. The van der Waals surface area contributed by atoms with Gasteiger partial charge < -0.3 is 10.2 Å². The summed E-state index contributed by atoms with van der Waals surface area (Å²) in [6.07, 6.45) is 2.49. The van der Waals surface area contributed by atoms with Crippen LogP contribution in [0.1, 0.15) is 36.9 Å². The van der Waals surface area contributed by atoms with Gasteiger partial charge in [0.25, 0.3) is 0 Å². The lowest BCUT2D eigenvalue weighted by molar-refractivity contribution is -0.117. The topological polar surface area (TPSA) is 35.6 Å². The monoisotopic (exact) mass is 369 g/mol. The van der Waals surface area contributed by atoms with E-state index in [4.69, 9.17) is 0 Å². The molecule has 27 heavy (non-hydrogen) atoms. The molecule has 1 fully saturated rings. The van der Waals surface area contributed by atoms with E-state index in [0.717, 1.165) is 29.9 Å². The second-order valence-corrected chi connectivity index (χ2v) is 7.38. The zero-order chi connectivity index (χ0) is 19.4. The molecule has 0 radical (unpaired) electrons. The standard InChI is InChI=1S/C22H28FN3O/c1-16-14-20(26-12-4-5-13-26)10-11-21(16)24-22(27)15-25(3)17(2)18-6-8-19(23)9-7-18/h6-11,14,17H,4-5,12-13,15H2,1-3H3,(H,24,27). The summed E-state index contributed by atoms with van der Waals surface area (Å²) in [6, 6.07) is 12.7. The number of carbonyl (C=O) groups is 1. The van der Waals surface area contributed by atoms with Gasteiger partial charge in [0.15, 0.2) is 0 Å². The Balaban J connectivity index is 1.59. The first-order valence-corrected chi connectivity index (χ1v) is 9.55. The van der Waals surface area contributed by atoms with Gasteiger partial charge >= 0.3 is 0 Å². The number of anilines is 2. The number of nitrogens with zero attached hydrogens (tertiary/aromatic N) is 2. The van der Waals surface area contributed by atoms with Crippen LogP contribution in [0.2, 0.25) is 0 Å². The molecule has 1 N–H and O–H groups in total. The van der Waals surface area contributed by atoms with Crippen LogP contribution in [0.25, 0.3) is 0 Å². The van der Waals surface area contributed by atoms with Crippen molar-refractivity contribution in [3.63, 3.8) is 0 Å². The highest BCUT2D eigenvalue weighted by molar-refractivity contribution is 5.93. The molecule has 1 unspecified atom stereocenters. The van der Waals surface area contributed by atoms with Gasteiger partial charge in [-0.2, -0.15) is 0 Å². The summed E-state index contributed by atoms with van der Waals surface area (Å²) >= 11 is 0. The molecule has 0 aromatic heterocycles. The van der Waals surface area contributed by atoms with E-state index in [1.165, 1.54) is 30.7 Å². The van der Waals surface area contributed by atoms with Crippen LogP contribution in [0, 0.1) is 12.7 Å². The van der Waals surface area contributed by atoms with Crippen LogP contribution in [-0.4, -0.2) is 37.5 Å². The van der Waals surface area contributed by atoms with Crippen LogP contribution in [-0.2, 0) is 4.79 Å². The molecule has 0 saturated carbocycles. The lowest BCUT2D eigenvalue weighted by Crippen LogP contribution is -2.32. The number of rotatable bonds is 6. The van der Waals surface area contributed by atoms with Gasteiger partial charge in [-0.25, -0.2) is 4.39 Å². The minimum atomic E-state index is -0.251. The number of nitrogens with one attached hydrogen (secondary N) is 1. The molecule has 0 spiro atoms. The van der Waals surface area contributed by atoms with Gasteiger partial charge in [-0.3, -0.25) is 9.69 Å². The first-order chi connectivity index (χ1) is 12.9. The van der Waals surface area contributed by atoms with Crippen molar-refractivity contribution in [3.05, 3.63) is 59.4 Å². The van der Waals surface area contributed by atoms with E-state index in [1.54, 1.807) is 12.1 Å². The summed E-state index contributed by atoms with van der Waals surface area (Å²) in [6.45, 7) is 6.52. The van der Waals surface area contributed by atoms with Crippen molar-refractivity contribution in [2.45, 2.75) is 32.7 Å². The third-order valence-electron chi connectivity index (χ3n) is 5.36. The van der Waals surface area contributed by atoms with E-state index in [2.05, 4.69) is 22.3 Å². The van der Waals surface area contributed by atoms with Crippen LogP contribution < -0.4 is 10.2 Å². The molecule has 1 amide bonds. The Bertz CT molecular complexity index is 785. The maximum atomic E-state index is 13.1. The van der Waals surface area contributed by atoms with Gasteiger partial charge in [0.1, 0.15) is 5.82 Å². The largest absolute Gasteiger partial charge is 0.372 e. The molecule has 1 aliphatic rings. The molecule has 0 aliphatic carbocycles. The Morgan fingerprint density at radius 2 is 1.85 bits per heavy atom. The third kappa shape index (κ3) is 4.86. The molecule has 144 valence electrons. The second-order valence-electron chi connectivity index (χ2n) is 7.38. The van der Waals surface area contributed by atoms with Crippen molar-refractivity contribution in [1.82, 2.24) is 4.90 Å². The van der Waals surface area contributed by atoms with E-state index < -0.39 is 0 Å². The van der Waals surface area contributed by atoms with Crippen LogP contribution in [0.3, 0.4) is 0 Å². The number of benzene rings is 2. The van der Waals surface area contributed by atoms with Crippen molar-refractivity contribution < 1.29 is 9.18 Å². The average molecular weight is 369 g/mol. The number of aryl methyl sites for hydroxylation is 1. The van der Waals surface area contributed by atoms with Crippen molar-refractivity contribution >= 4 is 17.3 Å². The fourth-order valence-electron chi connectivity index (χ4n) is 3.51. The molecule has 0 bridgehead atoms. The van der Waals surface area contributed by atoms with Crippen LogP contribution in [0.15, 0.2) is 42.5 Å². The molecule has 1 saturated heterocycles. The summed E-state index contributed by atoms with van der Waals surface area (Å²) < 4.78 is 13.1. The maximum absolute atomic E-state index is 13.1. The third-order valence-corrected chi connectivity index (χ3v) is 5.36. The van der Waals surface area contributed by atoms with E-state index in [1.807, 2.05) is 31.9 Å². The fraction of sp³-hybridized carbons (Fsp3) is 0.409. The highest BCUT2D eigenvalue weighted by Gasteiger charge is 2.17. The first-order valence-electron chi connectivity index (χ1n) is 9.55. The first kappa shape index (κ1) is 19.4. The van der Waals surface area contributed by atoms with Crippen LogP contribution in [0.5, 0.6) is 0 Å². The minimum absolute atomic E-state index is 0.0231. The molecule has 4 nitrogen and oxygen atoms in total. The number of halogens is 1. The Labute approximate surface area is 161 Å². The van der Waals surface area contributed by atoms with Gasteiger partial charge in [-0.05, 0) is 75.2 Å². The fourth-order valence-corrected chi connectivity index (χ4v) is 3.51. The van der Waals surface area contributed by atoms with Gasteiger partial charge in [-0.1, -0.05) is 12.1 Å². The SMILES string of the molecule is Cc1cc(N2CCCC2)ccc1NC(=O)CN(C)C(C)c1ccc(F)cc1. The van der Waals surface area contributed by atoms with Crippen molar-refractivity contribution in [2.75, 3.05) is 36.9 Å². The normalized spacial score (nSPS) is 15.2. The zero-order valence-electron chi connectivity index (χ0n) is 16.3. The number of hydrogen-bond donors (Lipinski definition) is 1. The number of hydrogen-bond acceptors (Lipinski definition) is 3. The summed E-state index contributed by atoms with van der Waals surface area (Å²) in [5.41, 5.74) is 4.13. The minimum Gasteiger partial charge on any atom is -0.372 e. The molecule has 1 aliphatic heterocycles. The molecule has 2 aromatic rings. The molecule has 2 aromatic carbocycles. The predicted octanol–water partition coefficient (Wildman–Crippen LogP) is 4.37. The van der Waals surface area contributed by atoms with E-state index in [-0.39, 0.29) is 24.3 Å². The molecular weight excluding hydrogens is 341 g/mol. The Morgan fingerprint density at radius 3 is 2.48 bits per heavy atom. The predicted molar refractivity (Wildman–Crippen MR) is 109 cm³/mol. The number of likely N-dealkylation sites (N-methyl/N-ethyl adjacent to an activating group) is 1. The van der Waals surface area contributed by atoms with Crippen molar-refractivity contribution in [2.24, 2.45) is 0 Å². The summed E-state index contributed by atoms with van der Waals surface area (Å²) in [5.74, 6) is -0.303. The summed E-state index contributed by atoms with van der Waals surface area (Å²) in [5, 5.41) is 3.02. The smallest absolute Gasteiger partial charge is 0.238 e.